The van der Waals surface area contributed by atoms with Crippen LogP contribution in [0.3, 0.4) is 0 Å². The molecule has 0 amide bonds. The van der Waals surface area contributed by atoms with Crippen LogP contribution in [0.5, 0.6) is 0 Å². The number of hydrogen-bond acceptors (Lipinski definition) is 3. The molecule has 9 heteroatoms. The molecule has 1 aliphatic carbocycles. The highest BCUT2D eigenvalue weighted by Gasteiger charge is 2.42. The Kier molecular flexibility index (Phi) is 4.38. The molecule has 2 N–H and O–H groups in total. The summed E-state index contributed by atoms with van der Waals surface area (Å²) in [5.41, 5.74) is 0. The Morgan fingerprint density at radius 1 is 1.16 bits per heavy atom. The van der Waals surface area contributed by atoms with E-state index < -0.39 is 29.0 Å². The Morgan fingerprint density at radius 3 is 2.21 bits per heavy atom. The average molecular weight is 301 g/mol. The second-order valence-corrected chi connectivity index (χ2v) is 6.69. The zero-order chi connectivity index (χ0) is 14.1. The Bertz CT molecular complexity index is 403. The van der Waals surface area contributed by atoms with Crippen molar-refractivity contribution in [1.29, 1.82) is 0 Å². The van der Waals surface area contributed by atoms with Crippen LogP contribution in [0.15, 0.2) is 0 Å². The number of nitrogens with one attached hydrogen (secondary N) is 2. The lowest BCUT2D eigenvalue weighted by atomic mass is 10.1. The molecule has 5 nitrogen and oxygen atoms in total. The van der Waals surface area contributed by atoms with Crippen molar-refractivity contribution in [3.8, 4) is 0 Å². The number of piperidine rings is 1. The first kappa shape index (κ1) is 15.0. The van der Waals surface area contributed by atoms with E-state index in [-0.39, 0.29) is 6.04 Å². The van der Waals surface area contributed by atoms with Crippen molar-refractivity contribution in [2.24, 2.45) is 0 Å². The third-order valence-corrected chi connectivity index (χ3v) is 4.93. The third-order valence-electron chi connectivity index (χ3n) is 3.25. The fraction of sp³-hybridized carbons (Fsp3) is 1.00. The van der Waals surface area contributed by atoms with Gasteiger partial charge < -0.3 is 5.32 Å². The van der Waals surface area contributed by atoms with Crippen molar-refractivity contribution < 1.29 is 21.6 Å². The van der Waals surface area contributed by atoms with E-state index in [1.165, 1.54) is 0 Å². The zero-order valence-electron chi connectivity index (χ0n) is 10.4. The van der Waals surface area contributed by atoms with Crippen LogP contribution in [0.25, 0.3) is 0 Å². The molecule has 112 valence electrons. The molecule has 0 bridgehead atoms. The summed E-state index contributed by atoms with van der Waals surface area (Å²) in [5, 5.41) is 3.01. The van der Waals surface area contributed by atoms with Gasteiger partial charge in [0.1, 0.15) is 6.54 Å². The third kappa shape index (κ3) is 4.59. The first-order valence-electron chi connectivity index (χ1n) is 6.34. The number of rotatable bonds is 5. The fourth-order valence-electron chi connectivity index (χ4n) is 2.16. The molecule has 1 aliphatic heterocycles. The van der Waals surface area contributed by atoms with Gasteiger partial charge in [-0.3, -0.25) is 0 Å². The summed E-state index contributed by atoms with van der Waals surface area (Å²) in [5.74, 6) is 0. The van der Waals surface area contributed by atoms with E-state index in [9.17, 15) is 21.6 Å². The van der Waals surface area contributed by atoms with Crippen LogP contribution in [0, 0.1) is 0 Å². The SMILES string of the molecule is O=S(=O)(NC1CC1)N(CC(F)(F)F)C1CCNCC1. The normalized spacial score (nSPS) is 22.9. The monoisotopic (exact) mass is 301 g/mol. The first-order chi connectivity index (χ1) is 8.78. The summed E-state index contributed by atoms with van der Waals surface area (Å²) in [6.07, 6.45) is -2.32. The van der Waals surface area contributed by atoms with E-state index >= 15 is 0 Å². The van der Waals surface area contributed by atoms with E-state index in [0.717, 1.165) is 0 Å². The van der Waals surface area contributed by atoms with Crippen LogP contribution in [-0.2, 0) is 10.2 Å². The lowest BCUT2D eigenvalue weighted by Gasteiger charge is -2.34. The maximum atomic E-state index is 12.6. The van der Waals surface area contributed by atoms with Gasteiger partial charge in [0.25, 0.3) is 10.2 Å². The lowest BCUT2D eigenvalue weighted by Crippen LogP contribution is -2.53. The van der Waals surface area contributed by atoms with Crippen molar-refractivity contribution in [3.63, 3.8) is 0 Å². The molecule has 2 rings (SSSR count). The van der Waals surface area contributed by atoms with Gasteiger partial charge in [0.05, 0.1) is 0 Å². The Morgan fingerprint density at radius 2 is 1.74 bits per heavy atom. The van der Waals surface area contributed by atoms with E-state index in [0.29, 0.717) is 43.1 Å². The molecule has 0 spiro atoms. The van der Waals surface area contributed by atoms with Gasteiger partial charge >= 0.3 is 6.18 Å². The maximum Gasteiger partial charge on any atom is 0.402 e. The van der Waals surface area contributed by atoms with E-state index in [2.05, 4.69) is 10.0 Å². The summed E-state index contributed by atoms with van der Waals surface area (Å²) < 4.78 is 64.8. The largest absolute Gasteiger partial charge is 0.402 e. The van der Waals surface area contributed by atoms with Gasteiger partial charge in [0.2, 0.25) is 0 Å². The van der Waals surface area contributed by atoms with Gasteiger partial charge in [0.15, 0.2) is 0 Å². The van der Waals surface area contributed by atoms with Gasteiger partial charge in [-0.15, -0.1) is 0 Å². The van der Waals surface area contributed by atoms with Crippen molar-refractivity contribution in [2.45, 2.75) is 43.9 Å². The highest BCUT2D eigenvalue weighted by atomic mass is 32.2. The van der Waals surface area contributed by atoms with Gasteiger partial charge in [0, 0.05) is 12.1 Å². The van der Waals surface area contributed by atoms with Crippen LogP contribution in [0.4, 0.5) is 13.2 Å². The molecule has 0 aromatic rings. The van der Waals surface area contributed by atoms with Crippen molar-refractivity contribution in [2.75, 3.05) is 19.6 Å². The van der Waals surface area contributed by atoms with Crippen LogP contribution in [0.1, 0.15) is 25.7 Å². The number of halogens is 3. The van der Waals surface area contributed by atoms with Gasteiger partial charge in [-0.2, -0.15) is 30.6 Å². The van der Waals surface area contributed by atoms with Crippen molar-refractivity contribution in [1.82, 2.24) is 14.3 Å². The predicted octanol–water partition coefficient (Wildman–Crippen LogP) is 0.599. The summed E-state index contributed by atoms with van der Waals surface area (Å²) in [7, 11) is -4.06. The Labute approximate surface area is 110 Å². The molecule has 1 heterocycles. The summed E-state index contributed by atoms with van der Waals surface area (Å²) >= 11 is 0. The lowest BCUT2D eigenvalue weighted by molar-refractivity contribution is -0.140. The first-order valence-corrected chi connectivity index (χ1v) is 7.78. The highest BCUT2D eigenvalue weighted by Crippen LogP contribution is 2.26. The fourth-order valence-corrected chi connectivity index (χ4v) is 3.87. The van der Waals surface area contributed by atoms with Crippen LogP contribution in [-0.4, -0.2) is 50.6 Å². The summed E-state index contributed by atoms with van der Waals surface area (Å²) in [4.78, 5) is 0. The van der Waals surface area contributed by atoms with Crippen LogP contribution < -0.4 is 10.0 Å². The Hall–Kier alpha value is -0.380. The minimum absolute atomic E-state index is 0.192. The van der Waals surface area contributed by atoms with Crippen LogP contribution in [0.2, 0.25) is 0 Å². The number of hydrogen-bond donors (Lipinski definition) is 2. The maximum absolute atomic E-state index is 12.6. The molecule has 19 heavy (non-hydrogen) atoms. The second kappa shape index (κ2) is 5.55. The minimum Gasteiger partial charge on any atom is -0.317 e. The smallest absolute Gasteiger partial charge is 0.317 e. The molecule has 0 atom stereocenters. The molecular weight excluding hydrogens is 283 g/mol. The van der Waals surface area contributed by atoms with E-state index in [1.807, 2.05) is 0 Å². The quantitative estimate of drug-likeness (QED) is 0.782. The van der Waals surface area contributed by atoms with Gasteiger partial charge in [-0.25, -0.2) is 0 Å². The molecule has 0 radical (unpaired) electrons. The second-order valence-electron chi connectivity index (χ2n) is 5.04. The summed E-state index contributed by atoms with van der Waals surface area (Å²) in [6, 6.07) is -0.776. The van der Waals surface area contributed by atoms with Crippen LogP contribution >= 0.6 is 0 Å². The standard InChI is InChI=1S/C10H18F3N3O2S/c11-10(12,13)7-16(9-3-5-14-6-4-9)19(17,18)15-8-1-2-8/h8-9,14-15H,1-7H2. The highest BCUT2D eigenvalue weighted by molar-refractivity contribution is 7.87. The molecule has 1 saturated heterocycles. The van der Waals surface area contributed by atoms with Crippen molar-refractivity contribution >= 4 is 10.2 Å². The molecule has 2 aliphatic rings. The summed E-state index contributed by atoms with van der Waals surface area (Å²) in [6.45, 7) is -0.338. The van der Waals surface area contributed by atoms with Gasteiger partial charge in [-0.1, -0.05) is 0 Å². The molecular formula is C10H18F3N3O2S. The zero-order valence-corrected chi connectivity index (χ0v) is 11.2. The Balaban J connectivity index is 2.11. The molecule has 0 aromatic heterocycles. The number of nitrogens with zero attached hydrogens (tertiary/aromatic N) is 1. The molecule has 0 unspecified atom stereocenters. The molecule has 1 saturated carbocycles. The van der Waals surface area contributed by atoms with E-state index in [4.69, 9.17) is 0 Å². The van der Waals surface area contributed by atoms with E-state index in [1.54, 1.807) is 0 Å². The molecule has 2 fully saturated rings. The average Bonchev–Trinajstić information content (AvgIpc) is 3.09. The topological polar surface area (TPSA) is 61.4 Å². The predicted molar refractivity (Wildman–Crippen MR) is 63.7 cm³/mol. The van der Waals surface area contributed by atoms with Gasteiger partial charge in [-0.05, 0) is 38.8 Å². The van der Waals surface area contributed by atoms with Crippen molar-refractivity contribution in [3.05, 3.63) is 0 Å². The molecule has 0 aromatic carbocycles. The number of alkyl halides is 3. The minimum atomic E-state index is -4.52.